The highest BCUT2D eigenvalue weighted by Crippen LogP contribution is 2.28. The third kappa shape index (κ3) is 5.62. The normalized spacial score (nSPS) is 15.2. The zero-order chi connectivity index (χ0) is 21.6. The molecule has 0 atom stereocenters. The number of benzene rings is 2. The molecule has 0 spiro atoms. The quantitative estimate of drug-likeness (QED) is 0.608. The monoisotopic (exact) mass is 437 g/mol. The summed E-state index contributed by atoms with van der Waals surface area (Å²) < 4.78 is 51.2. The molecule has 0 bridgehead atoms. The van der Waals surface area contributed by atoms with Crippen LogP contribution in [0.2, 0.25) is 0 Å². The first kappa shape index (κ1) is 22.3. The molecule has 0 aromatic heterocycles. The Kier molecular flexibility index (Phi) is 7.52. The van der Waals surface area contributed by atoms with Gasteiger partial charge in [0.15, 0.2) is 0 Å². The molecule has 1 N–H and O–H groups in total. The fourth-order valence-corrected chi connectivity index (χ4v) is 4.69. The summed E-state index contributed by atoms with van der Waals surface area (Å²) in [5, 5.41) is 0. The largest absolute Gasteiger partial charge is 0.497 e. The van der Waals surface area contributed by atoms with Crippen molar-refractivity contribution in [3.63, 3.8) is 0 Å². The first-order valence-corrected chi connectivity index (χ1v) is 11.4. The van der Waals surface area contributed by atoms with Gasteiger partial charge in [0.1, 0.15) is 22.2 Å². The standard InChI is InChI=1S/C21H28FN3O4S/c1-28-19-8-9-21(20(16-19)29-2)30(26,27)23-10-3-11-24-12-14-25(15-13-24)18-6-4-17(22)5-7-18/h4-9,16,23H,3,10-15H2,1-2H3. The Morgan fingerprint density at radius 2 is 1.70 bits per heavy atom. The van der Waals surface area contributed by atoms with Gasteiger partial charge in [0.25, 0.3) is 0 Å². The number of halogens is 1. The molecule has 30 heavy (non-hydrogen) atoms. The molecular weight excluding hydrogens is 409 g/mol. The summed E-state index contributed by atoms with van der Waals surface area (Å²) in [6.45, 7) is 4.64. The van der Waals surface area contributed by atoms with E-state index in [1.165, 1.54) is 32.4 Å². The summed E-state index contributed by atoms with van der Waals surface area (Å²) in [6, 6.07) is 11.2. The van der Waals surface area contributed by atoms with Gasteiger partial charge in [0.05, 0.1) is 14.2 Å². The fourth-order valence-electron chi connectivity index (χ4n) is 3.47. The van der Waals surface area contributed by atoms with Gasteiger partial charge >= 0.3 is 0 Å². The molecule has 1 saturated heterocycles. The maximum Gasteiger partial charge on any atom is 0.244 e. The van der Waals surface area contributed by atoms with Gasteiger partial charge in [-0.05, 0) is 49.4 Å². The summed E-state index contributed by atoms with van der Waals surface area (Å²) >= 11 is 0. The minimum absolute atomic E-state index is 0.0960. The number of methoxy groups -OCH3 is 2. The minimum atomic E-state index is -3.67. The van der Waals surface area contributed by atoms with Crippen molar-refractivity contribution >= 4 is 15.7 Å². The lowest BCUT2D eigenvalue weighted by Gasteiger charge is -2.36. The van der Waals surface area contributed by atoms with E-state index in [2.05, 4.69) is 14.5 Å². The van der Waals surface area contributed by atoms with Crippen molar-refractivity contribution in [2.45, 2.75) is 11.3 Å². The predicted octanol–water partition coefficient (Wildman–Crippen LogP) is 2.33. The van der Waals surface area contributed by atoms with Crippen molar-refractivity contribution in [3.05, 3.63) is 48.3 Å². The Labute approximate surface area is 177 Å². The van der Waals surface area contributed by atoms with Crippen LogP contribution in [-0.2, 0) is 10.0 Å². The van der Waals surface area contributed by atoms with Crippen molar-refractivity contribution in [1.29, 1.82) is 0 Å². The summed E-state index contributed by atoms with van der Waals surface area (Å²) in [4.78, 5) is 4.63. The second-order valence-electron chi connectivity index (χ2n) is 7.07. The van der Waals surface area contributed by atoms with E-state index >= 15 is 0 Å². The average molecular weight is 438 g/mol. The van der Waals surface area contributed by atoms with Gasteiger partial charge < -0.3 is 14.4 Å². The molecule has 2 aromatic carbocycles. The fraction of sp³-hybridized carbons (Fsp3) is 0.429. The lowest BCUT2D eigenvalue weighted by molar-refractivity contribution is 0.255. The Bertz CT molecular complexity index is 930. The molecule has 7 nitrogen and oxygen atoms in total. The molecule has 1 fully saturated rings. The first-order chi connectivity index (χ1) is 14.4. The molecule has 3 rings (SSSR count). The van der Waals surface area contributed by atoms with E-state index in [-0.39, 0.29) is 16.5 Å². The zero-order valence-electron chi connectivity index (χ0n) is 17.3. The molecule has 1 aliphatic heterocycles. The van der Waals surface area contributed by atoms with E-state index in [0.29, 0.717) is 18.7 Å². The highest BCUT2D eigenvalue weighted by molar-refractivity contribution is 7.89. The molecule has 0 aliphatic carbocycles. The highest BCUT2D eigenvalue weighted by Gasteiger charge is 2.21. The van der Waals surface area contributed by atoms with E-state index in [4.69, 9.17) is 9.47 Å². The van der Waals surface area contributed by atoms with Crippen molar-refractivity contribution in [1.82, 2.24) is 9.62 Å². The number of hydrogen-bond acceptors (Lipinski definition) is 6. The third-order valence-corrected chi connectivity index (χ3v) is 6.67. The lowest BCUT2D eigenvalue weighted by Crippen LogP contribution is -2.47. The van der Waals surface area contributed by atoms with Crippen LogP contribution in [-0.4, -0.2) is 66.8 Å². The molecule has 164 valence electrons. The van der Waals surface area contributed by atoms with Crippen LogP contribution in [0.1, 0.15) is 6.42 Å². The maximum atomic E-state index is 13.1. The van der Waals surface area contributed by atoms with Gasteiger partial charge in [-0.1, -0.05) is 0 Å². The van der Waals surface area contributed by atoms with Crippen molar-refractivity contribution < 1.29 is 22.3 Å². The van der Waals surface area contributed by atoms with E-state index in [9.17, 15) is 12.8 Å². The van der Waals surface area contributed by atoms with E-state index < -0.39 is 10.0 Å². The number of hydrogen-bond donors (Lipinski definition) is 1. The average Bonchev–Trinajstić information content (AvgIpc) is 2.77. The molecular formula is C21H28FN3O4S. The lowest BCUT2D eigenvalue weighted by atomic mass is 10.2. The number of piperazine rings is 1. The Hall–Kier alpha value is -2.36. The van der Waals surface area contributed by atoms with Crippen molar-refractivity contribution in [2.24, 2.45) is 0 Å². The molecule has 9 heteroatoms. The summed E-state index contributed by atoms with van der Waals surface area (Å²) in [5.74, 6) is 0.552. The molecule has 1 heterocycles. The molecule has 0 amide bonds. The predicted molar refractivity (Wildman–Crippen MR) is 114 cm³/mol. The molecule has 2 aromatic rings. The van der Waals surface area contributed by atoms with Gasteiger partial charge in [-0.2, -0.15) is 0 Å². The smallest absolute Gasteiger partial charge is 0.244 e. The summed E-state index contributed by atoms with van der Waals surface area (Å²) in [6.07, 6.45) is 0.703. The van der Waals surface area contributed by atoms with Crippen LogP contribution in [0.15, 0.2) is 47.4 Å². The Morgan fingerprint density at radius 1 is 1.00 bits per heavy atom. The Balaban J connectivity index is 1.44. The van der Waals surface area contributed by atoms with Gasteiger partial charge in [0.2, 0.25) is 10.0 Å². The van der Waals surface area contributed by atoms with E-state index in [0.717, 1.165) is 38.4 Å². The maximum absolute atomic E-state index is 13.1. The van der Waals surface area contributed by atoms with Crippen molar-refractivity contribution in [2.75, 3.05) is 58.4 Å². The number of ether oxygens (including phenoxy) is 2. The van der Waals surface area contributed by atoms with Crippen LogP contribution in [0, 0.1) is 5.82 Å². The number of sulfonamides is 1. The molecule has 0 radical (unpaired) electrons. The van der Waals surface area contributed by atoms with Gasteiger partial charge in [-0.3, -0.25) is 4.90 Å². The van der Waals surface area contributed by atoms with Crippen LogP contribution >= 0.6 is 0 Å². The van der Waals surface area contributed by atoms with Gasteiger partial charge in [-0.15, -0.1) is 0 Å². The zero-order valence-corrected chi connectivity index (χ0v) is 18.1. The second kappa shape index (κ2) is 10.1. The summed E-state index contributed by atoms with van der Waals surface area (Å²) in [5.41, 5.74) is 1.03. The molecule has 0 saturated carbocycles. The van der Waals surface area contributed by atoms with Gasteiger partial charge in [0, 0.05) is 44.5 Å². The van der Waals surface area contributed by atoms with E-state index in [1.807, 2.05) is 0 Å². The topological polar surface area (TPSA) is 71.1 Å². The molecule has 0 unspecified atom stereocenters. The number of anilines is 1. The SMILES string of the molecule is COc1ccc(S(=O)(=O)NCCCN2CCN(c3ccc(F)cc3)CC2)c(OC)c1. The summed E-state index contributed by atoms with van der Waals surface area (Å²) in [7, 11) is -0.723. The van der Waals surface area contributed by atoms with Crippen LogP contribution in [0.3, 0.4) is 0 Å². The van der Waals surface area contributed by atoms with Crippen LogP contribution in [0.5, 0.6) is 11.5 Å². The van der Waals surface area contributed by atoms with Gasteiger partial charge in [-0.25, -0.2) is 17.5 Å². The second-order valence-corrected chi connectivity index (χ2v) is 8.81. The number of nitrogens with one attached hydrogen (secondary N) is 1. The van der Waals surface area contributed by atoms with Crippen LogP contribution < -0.4 is 19.1 Å². The minimum Gasteiger partial charge on any atom is -0.497 e. The van der Waals surface area contributed by atoms with Crippen LogP contribution in [0.25, 0.3) is 0 Å². The first-order valence-electron chi connectivity index (χ1n) is 9.87. The number of nitrogens with zero attached hydrogens (tertiary/aromatic N) is 2. The van der Waals surface area contributed by atoms with E-state index in [1.54, 1.807) is 24.3 Å². The van der Waals surface area contributed by atoms with Crippen molar-refractivity contribution in [3.8, 4) is 11.5 Å². The van der Waals surface area contributed by atoms with Crippen LogP contribution in [0.4, 0.5) is 10.1 Å². The molecule has 1 aliphatic rings. The number of rotatable bonds is 9. The Morgan fingerprint density at radius 3 is 2.33 bits per heavy atom. The third-order valence-electron chi connectivity index (χ3n) is 5.17. The highest BCUT2D eigenvalue weighted by atomic mass is 32.2.